The van der Waals surface area contributed by atoms with Crippen molar-refractivity contribution in [2.45, 2.75) is 30.8 Å². The van der Waals surface area contributed by atoms with Crippen LogP contribution in [0.25, 0.3) is 0 Å². The van der Waals surface area contributed by atoms with E-state index in [9.17, 15) is 5.11 Å². The summed E-state index contributed by atoms with van der Waals surface area (Å²) >= 11 is 1.86. The number of aliphatic hydroxyl groups is 1. The molecule has 1 aromatic carbocycles. The van der Waals surface area contributed by atoms with Crippen LogP contribution in [0.2, 0.25) is 0 Å². The van der Waals surface area contributed by atoms with Gasteiger partial charge >= 0.3 is 0 Å². The Morgan fingerprint density at radius 1 is 1.53 bits per heavy atom. The summed E-state index contributed by atoms with van der Waals surface area (Å²) < 4.78 is 5.60. The molecular formula is C12H16O2S. The van der Waals surface area contributed by atoms with Gasteiger partial charge in [0.15, 0.2) is 0 Å². The van der Waals surface area contributed by atoms with E-state index in [1.807, 2.05) is 23.9 Å². The minimum Gasteiger partial charge on any atom is -0.490 e. The summed E-state index contributed by atoms with van der Waals surface area (Å²) in [6, 6.07) is 6.18. The second-order valence-corrected chi connectivity index (χ2v) is 4.96. The van der Waals surface area contributed by atoms with E-state index < -0.39 is 6.10 Å². The smallest absolute Gasteiger partial charge is 0.133 e. The zero-order valence-corrected chi connectivity index (χ0v) is 9.72. The van der Waals surface area contributed by atoms with Gasteiger partial charge in [0.2, 0.25) is 0 Å². The van der Waals surface area contributed by atoms with E-state index in [4.69, 9.17) is 4.74 Å². The van der Waals surface area contributed by atoms with Crippen molar-refractivity contribution in [3.05, 3.63) is 23.8 Å². The Hall–Kier alpha value is -0.670. The Kier molecular flexibility index (Phi) is 3.54. The van der Waals surface area contributed by atoms with Crippen molar-refractivity contribution >= 4 is 11.8 Å². The molecule has 0 saturated carbocycles. The Labute approximate surface area is 94.6 Å². The van der Waals surface area contributed by atoms with Crippen LogP contribution in [-0.4, -0.2) is 23.6 Å². The minimum absolute atomic E-state index is 0.372. The third-order valence-corrected chi connectivity index (χ3v) is 3.62. The highest BCUT2D eigenvalue weighted by molar-refractivity contribution is 7.99. The number of hydrogen-bond donors (Lipinski definition) is 1. The van der Waals surface area contributed by atoms with Crippen LogP contribution in [0.5, 0.6) is 5.75 Å². The first kappa shape index (κ1) is 10.8. The second-order valence-electron chi connectivity index (χ2n) is 3.86. The topological polar surface area (TPSA) is 29.5 Å². The van der Waals surface area contributed by atoms with Gasteiger partial charge < -0.3 is 9.84 Å². The molecule has 0 aliphatic carbocycles. The summed E-state index contributed by atoms with van der Waals surface area (Å²) in [4.78, 5) is 1.27. The maximum absolute atomic E-state index is 9.19. The second kappa shape index (κ2) is 4.90. The highest BCUT2D eigenvalue weighted by Gasteiger charge is 2.14. The summed E-state index contributed by atoms with van der Waals surface area (Å²) in [7, 11) is 0. The number of hydrogen-bond acceptors (Lipinski definition) is 3. The SMILES string of the molecule is CC(O)COc1cccc2c1SCCC2. The molecule has 3 heteroatoms. The number of thioether (sulfide) groups is 1. The predicted molar refractivity (Wildman–Crippen MR) is 62.7 cm³/mol. The Morgan fingerprint density at radius 3 is 3.20 bits per heavy atom. The zero-order valence-electron chi connectivity index (χ0n) is 8.90. The first-order valence-electron chi connectivity index (χ1n) is 5.33. The number of fused-ring (bicyclic) bond motifs is 1. The summed E-state index contributed by atoms with van der Waals surface area (Å²) in [5.41, 5.74) is 1.38. The fourth-order valence-corrected chi connectivity index (χ4v) is 2.80. The van der Waals surface area contributed by atoms with Gasteiger partial charge in [-0.05, 0) is 37.1 Å². The molecule has 1 N–H and O–H groups in total. The lowest BCUT2D eigenvalue weighted by molar-refractivity contribution is 0.121. The molecule has 0 fully saturated rings. The average Bonchev–Trinajstić information content (AvgIpc) is 2.26. The van der Waals surface area contributed by atoms with Crippen molar-refractivity contribution in [1.29, 1.82) is 0 Å². The Balaban J connectivity index is 2.16. The number of rotatable bonds is 3. The molecule has 1 atom stereocenters. The summed E-state index contributed by atoms with van der Waals surface area (Å²) in [5, 5.41) is 9.19. The van der Waals surface area contributed by atoms with Crippen molar-refractivity contribution in [3.63, 3.8) is 0 Å². The monoisotopic (exact) mass is 224 g/mol. The molecule has 0 radical (unpaired) electrons. The normalized spacial score (nSPS) is 16.9. The van der Waals surface area contributed by atoms with Crippen molar-refractivity contribution < 1.29 is 9.84 Å². The number of aryl methyl sites for hydroxylation is 1. The van der Waals surface area contributed by atoms with Gasteiger partial charge in [0.05, 0.1) is 11.0 Å². The van der Waals surface area contributed by atoms with E-state index in [0.717, 1.165) is 12.2 Å². The summed E-state index contributed by atoms with van der Waals surface area (Å²) in [5.74, 6) is 2.10. The van der Waals surface area contributed by atoms with Crippen molar-refractivity contribution in [1.82, 2.24) is 0 Å². The van der Waals surface area contributed by atoms with Crippen molar-refractivity contribution in [2.75, 3.05) is 12.4 Å². The van der Waals surface area contributed by atoms with E-state index in [-0.39, 0.29) is 0 Å². The van der Waals surface area contributed by atoms with Crippen LogP contribution in [0.4, 0.5) is 0 Å². The highest BCUT2D eigenvalue weighted by atomic mass is 32.2. The third kappa shape index (κ3) is 2.67. The lowest BCUT2D eigenvalue weighted by Crippen LogP contribution is -2.13. The molecule has 0 spiro atoms. The molecule has 1 aliphatic heterocycles. The molecule has 0 saturated heterocycles. The molecule has 82 valence electrons. The van der Waals surface area contributed by atoms with Gasteiger partial charge in [0, 0.05) is 0 Å². The summed E-state index contributed by atoms with van der Waals surface area (Å²) in [6.45, 7) is 2.11. The van der Waals surface area contributed by atoms with E-state index in [1.54, 1.807) is 6.92 Å². The van der Waals surface area contributed by atoms with E-state index in [0.29, 0.717) is 6.61 Å². The first-order valence-corrected chi connectivity index (χ1v) is 6.31. The summed E-state index contributed by atoms with van der Waals surface area (Å²) in [6.07, 6.45) is 1.99. The molecule has 2 rings (SSSR count). The van der Waals surface area contributed by atoms with Crippen molar-refractivity contribution in [3.8, 4) is 5.75 Å². The molecule has 1 heterocycles. The predicted octanol–water partition coefficient (Wildman–Crippen LogP) is 2.48. The van der Waals surface area contributed by atoms with Gasteiger partial charge in [-0.3, -0.25) is 0 Å². The minimum atomic E-state index is -0.408. The van der Waals surface area contributed by atoms with Crippen LogP contribution in [0.15, 0.2) is 23.1 Å². The average molecular weight is 224 g/mol. The number of aliphatic hydroxyl groups excluding tert-OH is 1. The molecule has 0 bridgehead atoms. The maximum Gasteiger partial charge on any atom is 0.133 e. The number of ether oxygens (including phenoxy) is 1. The lowest BCUT2D eigenvalue weighted by atomic mass is 10.1. The number of benzene rings is 1. The van der Waals surface area contributed by atoms with Gasteiger partial charge in [-0.2, -0.15) is 0 Å². The molecule has 0 amide bonds. The molecule has 1 aromatic rings. The van der Waals surface area contributed by atoms with Gasteiger partial charge in [0.25, 0.3) is 0 Å². The van der Waals surface area contributed by atoms with Crippen LogP contribution >= 0.6 is 11.8 Å². The van der Waals surface area contributed by atoms with Crippen LogP contribution in [0.3, 0.4) is 0 Å². The van der Waals surface area contributed by atoms with Crippen LogP contribution in [-0.2, 0) is 6.42 Å². The van der Waals surface area contributed by atoms with Crippen LogP contribution in [0, 0.1) is 0 Å². The largest absolute Gasteiger partial charge is 0.490 e. The fourth-order valence-electron chi connectivity index (χ4n) is 1.68. The third-order valence-electron chi connectivity index (χ3n) is 2.38. The standard InChI is InChI=1S/C12H16O2S/c1-9(13)8-14-11-6-2-4-10-5-3-7-15-12(10)11/h2,4,6,9,13H,3,5,7-8H2,1H3. The first-order chi connectivity index (χ1) is 7.27. The molecule has 2 nitrogen and oxygen atoms in total. The zero-order chi connectivity index (χ0) is 10.7. The van der Waals surface area contributed by atoms with Crippen molar-refractivity contribution in [2.24, 2.45) is 0 Å². The van der Waals surface area contributed by atoms with E-state index in [1.165, 1.54) is 22.6 Å². The Bertz CT molecular complexity index is 336. The van der Waals surface area contributed by atoms with Crippen LogP contribution < -0.4 is 4.74 Å². The maximum atomic E-state index is 9.19. The quantitative estimate of drug-likeness (QED) is 0.855. The lowest BCUT2D eigenvalue weighted by Gasteiger charge is -2.19. The Morgan fingerprint density at radius 2 is 2.40 bits per heavy atom. The van der Waals surface area contributed by atoms with Gasteiger partial charge in [-0.25, -0.2) is 0 Å². The van der Waals surface area contributed by atoms with Gasteiger partial charge in [-0.1, -0.05) is 12.1 Å². The molecule has 15 heavy (non-hydrogen) atoms. The fraction of sp³-hybridized carbons (Fsp3) is 0.500. The van der Waals surface area contributed by atoms with Gasteiger partial charge in [0.1, 0.15) is 12.4 Å². The van der Waals surface area contributed by atoms with E-state index >= 15 is 0 Å². The highest BCUT2D eigenvalue weighted by Crippen LogP contribution is 2.37. The molecule has 0 aromatic heterocycles. The molecule has 1 unspecified atom stereocenters. The molecule has 1 aliphatic rings. The molecular weight excluding hydrogens is 208 g/mol. The van der Waals surface area contributed by atoms with Gasteiger partial charge in [-0.15, -0.1) is 11.8 Å². The van der Waals surface area contributed by atoms with Crippen LogP contribution in [0.1, 0.15) is 18.9 Å². The van der Waals surface area contributed by atoms with E-state index in [2.05, 4.69) is 6.07 Å².